The lowest BCUT2D eigenvalue weighted by molar-refractivity contribution is 0.566. The second-order valence-electron chi connectivity index (χ2n) is 3.55. The molecule has 0 aliphatic heterocycles. The van der Waals surface area contributed by atoms with E-state index in [-0.39, 0.29) is 5.88 Å². The summed E-state index contributed by atoms with van der Waals surface area (Å²) in [4.78, 5) is 0. The quantitative estimate of drug-likeness (QED) is 0.817. The van der Waals surface area contributed by atoms with E-state index in [0.29, 0.717) is 0 Å². The van der Waals surface area contributed by atoms with E-state index in [1.165, 1.54) is 0 Å². The highest BCUT2D eigenvalue weighted by molar-refractivity contribution is 7.79. The lowest BCUT2D eigenvalue weighted by Crippen LogP contribution is -2.07. The highest BCUT2D eigenvalue weighted by Crippen LogP contribution is 2.27. The van der Waals surface area contributed by atoms with Crippen molar-refractivity contribution in [2.75, 3.05) is 11.2 Å². The number of para-hydroxylation sites is 1. The zero-order valence-corrected chi connectivity index (χ0v) is 9.98. The second-order valence-corrected chi connectivity index (χ2v) is 4.49. The highest BCUT2D eigenvalue weighted by atomic mass is 32.2. The molecule has 0 radical (unpaired) electrons. The fourth-order valence-corrected chi connectivity index (χ4v) is 1.93. The van der Waals surface area contributed by atoms with Crippen molar-refractivity contribution in [2.24, 2.45) is 0 Å². The van der Waals surface area contributed by atoms with Crippen molar-refractivity contribution in [1.29, 1.82) is 0 Å². The first-order valence-electron chi connectivity index (χ1n) is 5.23. The Balaban J connectivity index is 2.31. The van der Waals surface area contributed by atoms with Gasteiger partial charge in [-0.1, -0.05) is 48.5 Å². The van der Waals surface area contributed by atoms with Gasteiger partial charge in [0.25, 0.3) is 0 Å². The smallest absolute Gasteiger partial charge is 0.172 e. The third-order valence-electron chi connectivity index (χ3n) is 2.40. The van der Waals surface area contributed by atoms with Crippen LogP contribution in [-0.2, 0) is 11.1 Å². The van der Waals surface area contributed by atoms with Crippen LogP contribution in [0.3, 0.4) is 0 Å². The molecule has 0 aromatic heterocycles. The number of anilines is 1. The molecule has 88 valence electrons. The molecule has 0 saturated carbocycles. The van der Waals surface area contributed by atoms with Gasteiger partial charge in [-0.3, -0.25) is 0 Å². The summed E-state index contributed by atoms with van der Waals surface area (Å²) >= 11 is -1.84. The van der Waals surface area contributed by atoms with Crippen molar-refractivity contribution >= 4 is 16.8 Å². The molecule has 1 atom stereocenters. The van der Waals surface area contributed by atoms with Crippen molar-refractivity contribution in [3.05, 3.63) is 54.6 Å². The summed E-state index contributed by atoms with van der Waals surface area (Å²) in [6, 6.07) is 17.6. The van der Waals surface area contributed by atoms with Crippen LogP contribution in [0.1, 0.15) is 0 Å². The number of hydrogen-bond donors (Lipinski definition) is 2. The first-order chi connectivity index (χ1) is 8.27. The van der Waals surface area contributed by atoms with E-state index in [9.17, 15) is 4.21 Å². The molecule has 0 fully saturated rings. The molecule has 0 aliphatic carbocycles. The van der Waals surface area contributed by atoms with Crippen LogP contribution in [0, 0.1) is 0 Å². The molecular formula is C13H13NO2S. The summed E-state index contributed by atoms with van der Waals surface area (Å²) in [5.41, 5.74) is 2.97. The molecule has 0 saturated heterocycles. The van der Waals surface area contributed by atoms with Crippen LogP contribution < -0.4 is 5.32 Å². The Bertz CT molecular complexity index is 514. The molecule has 2 N–H and O–H groups in total. The SMILES string of the molecule is O=S(O)CNc1ccccc1-c1ccccc1. The van der Waals surface area contributed by atoms with Crippen molar-refractivity contribution in [2.45, 2.75) is 0 Å². The highest BCUT2D eigenvalue weighted by Gasteiger charge is 2.03. The summed E-state index contributed by atoms with van der Waals surface area (Å²) < 4.78 is 19.5. The molecule has 2 rings (SSSR count). The molecule has 4 heteroatoms. The summed E-state index contributed by atoms with van der Waals surface area (Å²) in [5.74, 6) is 0.0316. The number of benzene rings is 2. The first-order valence-corrected chi connectivity index (χ1v) is 6.51. The monoisotopic (exact) mass is 247 g/mol. The third-order valence-corrected chi connectivity index (χ3v) is 2.79. The van der Waals surface area contributed by atoms with Gasteiger partial charge in [-0.05, 0) is 11.6 Å². The van der Waals surface area contributed by atoms with Crippen LogP contribution in [-0.4, -0.2) is 14.6 Å². The lowest BCUT2D eigenvalue weighted by atomic mass is 10.0. The number of hydrogen-bond acceptors (Lipinski definition) is 2. The average Bonchev–Trinajstić information content (AvgIpc) is 2.38. The summed E-state index contributed by atoms with van der Waals surface area (Å²) in [5, 5.41) is 2.96. The van der Waals surface area contributed by atoms with Gasteiger partial charge in [0, 0.05) is 11.3 Å². The Labute approximate surface area is 103 Å². The first kappa shape index (κ1) is 11.8. The Kier molecular flexibility index (Phi) is 3.90. The topological polar surface area (TPSA) is 49.3 Å². The van der Waals surface area contributed by atoms with Crippen LogP contribution in [0.4, 0.5) is 5.69 Å². The molecule has 0 aliphatic rings. The van der Waals surface area contributed by atoms with Gasteiger partial charge in [-0.25, -0.2) is 4.21 Å². The molecular weight excluding hydrogens is 234 g/mol. The van der Waals surface area contributed by atoms with E-state index in [0.717, 1.165) is 16.8 Å². The summed E-state index contributed by atoms with van der Waals surface area (Å²) in [6.45, 7) is 0. The van der Waals surface area contributed by atoms with Gasteiger partial charge in [0.1, 0.15) is 5.88 Å². The summed E-state index contributed by atoms with van der Waals surface area (Å²) in [6.07, 6.45) is 0. The fraction of sp³-hybridized carbons (Fsp3) is 0.0769. The van der Waals surface area contributed by atoms with Crippen molar-refractivity contribution in [1.82, 2.24) is 0 Å². The van der Waals surface area contributed by atoms with Crippen molar-refractivity contribution in [3.8, 4) is 11.1 Å². The number of rotatable bonds is 4. The van der Waals surface area contributed by atoms with E-state index in [1.807, 2.05) is 54.6 Å². The zero-order chi connectivity index (χ0) is 12.1. The molecule has 0 amide bonds. The van der Waals surface area contributed by atoms with Gasteiger partial charge in [-0.15, -0.1) is 0 Å². The van der Waals surface area contributed by atoms with Gasteiger partial charge >= 0.3 is 0 Å². The molecule has 0 heterocycles. The molecule has 2 aromatic rings. The predicted octanol–water partition coefficient (Wildman–Crippen LogP) is 2.94. The van der Waals surface area contributed by atoms with Crippen LogP contribution in [0.2, 0.25) is 0 Å². The molecule has 0 bridgehead atoms. The van der Waals surface area contributed by atoms with Gasteiger partial charge < -0.3 is 9.87 Å². The van der Waals surface area contributed by atoms with Crippen molar-refractivity contribution < 1.29 is 8.76 Å². The minimum atomic E-state index is -1.84. The van der Waals surface area contributed by atoms with Crippen LogP contribution >= 0.6 is 0 Å². The Hall–Kier alpha value is -1.65. The maximum atomic E-state index is 10.7. The Morgan fingerprint density at radius 1 is 1.00 bits per heavy atom. The lowest BCUT2D eigenvalue weighted by Gasteiger charge is -2.10. The molecule has 3 nitrogen and oxygen atoms in total. The van der Waals surface area contributed by atoms with Gasteiger partial charge in [0.15, 0.2) is 11.1 Å². The van der Waals surface area contributed by atoms with Gasteiger partial charge in [0.2, 0.25) is 0 Å². The van der Waals surface area contributed by atoms with Crippen LogP contribution in [0.5, 0.6) is 0 Å². The summed E-state index contributed by atoms with van der Waals surface area (Å²) in [7, 11) is 0. The minimum absolute atomic E-state index is 0.0316. The third kappa shape index (κ3) is 3.15. The second kappa shape index (κ2) is 5.61. The molecule has 2 aromatic carbocycles. The fourth-order valence-electron chi connectivity index (χ4n) is 1.65. The van der Waals surface area contributed by atoms with E-state index < -0.39 is 11.1 Å². The normalized spacial score (nSPS) is 12.1. The number of nitrogens with one attached hydrogen (secondary N) is 1. The molecule has 17 heavy (non-hydrogen) atoms. The van der Waals surface area contributed by atoms with E-state index in [4.69, 9.17) is 4.55 Å². The van der Waals surface area contributed by atoms with Crippen molar-refractivity contribution in [3.63, 3.8) is 0 Å². The minimum Gasteiger partial charge on any atom is -0.371 e. The molecule has 1 unspecified atom stereocenters. The molecule has 0 spiro atoms. The van der Waals surface area contributed by atoms with Crippen LogP contribution in [0.15, 0.2) is 54.6 Å². The largest absolute Gasteiger partial charge is 0.371 e. The van der Waals surface area contributed by atoms with E-state index in [2.05, 4.69) is 5.32 Å². The predicted molar refractivity (Wildman–Crippen MR) is 71.1 cm³/mol. The zero-order valence-electron chi connectivity index (χ0n) is 9.17. The standard InChI is InChI=1S/C13H13NO2S/c15-17(16)10-14-13-9-5-4-8-12(13)11-6-2-1-3-7-11/h1-9,14H,10H2,(H,15,16). The van der Waals surface area contributed by atoms with Crippen LogP contribution in [0.25, 0.3) is 11.1 Å². The maximum Gasteiger partial charge on any atom is 0.172 e. The van der Waals surface area contributed by atoms with Gasteiger partial charge in [-0.2, -0.15) is 0 Å². The Morgan fingerprint density at radius 2 is 1.65 bits per heavy atom. The Morgan fingerprint density at radius 3 is 2.35 bits per heavy atom. The van der Waals surface area contributed by atoms with E-state index in [1.54, 1.807) is 0 Å². The van der Waals surface area contributed by atoms with Gasteiger partial charge in [0.05, 0.1) is 0 Å². The average molecular weight is 247 g/mol. The van der Waals surface area contributed by atoms with E-state index >= 15 is 0 Å². The maximum absolute atomic E-state index is 10.7.